The van der Waals surface area contributed by atoms with Crippen LogP contribution in [0.5, 0.6) is 5.75 Å². The van der Waals surface area contributed by atoms with Crippen LogP contribution >= 0.6 is 0 Å². The molecule has 0 radical (unpaired) electrons. The van der Waals surface area contributed by atoms with Gasteiger partial charge in [0.15, 0.2) is 0 Å². The van der Waals surface area contributed by atoms with Crippen molar-refractivity contribution in [2.75, 3.05) is 5.32 Å². The molecule has 5 heteroatoms. The Kier molecular flexibility index (Phi) is 4.39. The Morgan fingerprint density at radius 2 is 1.84 bits per heavy atom. The van der Waals surface area contributed by atoms with E-state index in [4.69, 9.17) is 0 Å². The molecule has 0 unspecified atom stereocenters. The van der Waals surface area contributed by atoms with Gasteiger partial charge in [0.2, 0.25) is 0 Å². The van der Waals surface area contributed by atoms with E-state index in [-0.39, 0.29) is 11.8 Å². The minimum atomic E-state index is -0.698. The SMILES string of the molecule is O=C(Nc1cccc(O)c1)C(=O)NC1CCCCC1. The highest BCUT2D eigenvalue weighted by atomic mass is 16.3. The molecule has 1 aromatic carbocycles. The Morgan fingerprint density at radius 3 is 2.53 bits per heavy atom. The predicted molar refractivity (Wildman–Crippen MR) is 71.8 cm³/mol. The molecule has 0 aromatic heterocycles. The van der Waals surface area contributed by atoms with Gasteiger partial charge < -0.3 is 15.7 Å². The first-order valence-electron chi connectivity index (χ1n) is 6.56. The zero-order chi connectivity index (χ0) is 13.7. The summed E-state index contributed by atoms with van der Waals surface area (Å²) in [6.07, 6.45) is 5.26. The van der Waals surface area contributed by atoms with Crippen molar-refractivity contribution in [3.63, 3.8) is 0 Å². The molecule has 1 saturated carbocycles. The lowest BCUT2D eigenvalue weighted by Crippen LogP contribution is -2.42. The van der Waals surface area contributed by atoms with E-state index in [1.807, 2.05) is 0 Å². The van der Waals surface area contributed by atoms with Crippen molar-refractivity contribution in [2.45, 2.75) is 38.1 Å². The summed E-state index contributed by atoms with van der Waals surface area (Å²) in [5.74, 6) is -1.27. The number of phenols is 1. The normalized spacial score (nSPS) is 15.8. The molecular weight excluding hydrogens is 244 g/mol. The minimum Gasteiger partial charge on any atom is -0.508 e. The number of anilines is 1. The van der Waals surface area contributed by atoms with E-state index in [9.17, 15) is 14.7 Å². The molecule has 0 aliphatic heterocycles. The Labute approximate surface area is 112 Å². The molecule has 19 heavy (non-hydrogen) atoms. The van der Waals surface area contributed by atoms with E-state index in [1.165, 1.54) is 18.6 Å². The van der Waals surface area contributed by atoms with E-state index >= 15 is 0 Å². The summed E-state index contributed by atoms with van der Waals surface area (Å²) < 4.78 is 0. The number of rotatable bonds is 2. The number of carbonyl (C=O) groups is 2. The van der Waals surface area contributed by atoms with Gasteiger partial charge in [-0.1, -0.05) is 25.3 Å². The van der Waals surface area contributed by atoms with Crippen LogP contribution in [0.2, 0.25) is 0 Å². The third-order valence-electron chi connectivity index (χ3n) is 3.25. The van der Waals surface area contributed by atoms with Crippen LogP contribution in [0.4, 0.5) is 5.69 Å². The van der Waals surface area contributed by atoms with E-state index < -0.39 is 11.8 Å². The number of benzene rings is 1. The maximum Gasteiger partial charge on any atom is 0.313 e. The number of aromatic hydroxyl groups is 1. The Balaban J connectivity index is 1.86. The van der Waals surface area contributed by atoms with Crippen LogP contribution in [0, 0.1) is 0 Å². The lowest BCUT2D eigenvalue weighted by atomic mass is 9.95. The van der Waals surface area contributed by atoms with Crippen LogP contribution in [0.1, 0.15) is 32.1 Å². The molecule has 1 aromatic rings. The number of nitrogens with one attached hydrogen (secondary N) is 2. The molecule has 3 N–H and O–H groups in total. The summed E-state index contributed by atoms with van der Waals surface area (Å²) in [4.78, 5) is 23.4. The zero-order valence-electron chi connectivity index (χ0n) is 10.7. The topological polar surface area (TPSA) is 78.4 Å². The fourth-order valence-corrected chi connectivity index (χ4v) is 2.27. The van der Waals surface area contributed by atoms with Crippen molar-refractivity contribution in [3.8, 4) is 5.75 Å². The summed E-state index contributed by atoms with van der Waals surface area (Å²) in [5, 5.41) is 14.5. The summed E-state index contributed by atoms with van der Waals surface area (Å²) in [6.45, 7) is 0. The van der Waals surface area contributed by atoms with Crippen molar-refractivity contribution in [2.24, 2.45) is 0 Å². The van der Waals surface area contributed by atoms with Gasteiger partial charge >= 0.3 is 11.8 Å². The van der Waals surface area contributed by atoms with Gasteiger partial charge in [0.1, 0.15) is 5.75 Å². The van der Waals surface area contributed by atoms with E-state index in [0.717, 1.165) is 25.7 Å². The van der Waals surface area contributed by atoms with Gasteiger partial charge in [-0.15, -0.1) is 0 Å². The standard InChI is InChI=1S/C14H18N2O3/c17-12-8-4-7-11(9-12)16-14(19)13(18)15-10-5-2-1-3-6-10/h4,7-10,17H,1-3,5-6H2,(H,15,18)(H,16,19). The molecule has 102 valence electrons. The van der Waals surface area contributed by atoms with Gasteiger partial charge in [-0.2, -0.15) is 0 Å². The second-order valence-corrected chi connectivity index (χ2v) is 4.81. The van der Waals surface area contributed by atoms with Crippen molar-refractivity contribution in [1.29, 1.82) is 0 Å². The molecule has 1 fully saturated rings. The van der Waals surface area contributed by atoms with Crippen molar-refractivity contribution < 1.29 is 14.7 Å². The largest absolute Gasteiger partial charge is 0.508 e. The average molecular weight is 262 g/mol. The second kappa shape index (κ2) is 6.22. The van der Waals surface area contributed by atoms with Gasteiger partial charge in [-0.3, -0.25) is 9.59 Å². The average Bonchev–Trinajstić information content (AvgIpc) is 2.40. The van der Waals surface area contributed by atoms with E-state index in [0.29, 0.717) is 5.69 Å². The molecule has 0 bridgehead atoms. The van der Waals surface area contributed by atoms with Crippen LogP contribution in [0.3, 0.4) is 0 Å². The molecule has 0 saturated heterocycles. The summed E-state index contributed by atoms with van der Waals surface area (Å²) >= 11 is 0. The third-order valence-corrected chi connectivity index (χ3v) is 3.25. The summed E-state index contributed by atoms with van der Waals surface area (Å²) in [6, 6.07) is 6.22. The lowest BCUT2D eigenvalue weighted by molar-refractivity contribution is -0.136. The lowest BCUT2D eigenvalue weighted by Gasteiger charge is -2.22. The molecule has 1 aliphatic carbocycles. The molecule has 0 atom stereocenters. The highest BCUT2D eigenvalue weighted by Gasteiger charge is 2.20. The number of hydrogen-bond acceptors (Lipinski definition) is 3. The predicted octanol–water partition coefficient (Wildman–Crippen LogP) is 1.78. The van der Waals surface area contributed by atoms with Crippen LogP contribution in [-0.4, -0.2) is 23.0 Å². The third kappa shape index (κ3) is 3.98. The van der Waals surface area contributed by atoms with Gasteiger partial charge in [-0.05, 0) is 25.0 Å². The fourth-order valence-electron chi connectivity index (χ4n) is 2.27. The molecule has 2 amide bonds. The number of hydrogen-bond donors (Lipinski definition) is 3. The minimum absolute atomic E-state index is 0.0467. The van der Waals surface area contributed by atoms with Crippen molar-refractivity contribution in [3.05, 3.63) is 24.3 Å². The zero-order valence-corrected chi connectivity index (χ0v) is 10.7. The van der Waals surface area contributed by atoms with Crippen molar-refractivity contribution >= 4 is 17.5 Å². The highest BCUT2D eigenvalue weighted by Crippen LogP contribution is 2.18. The summed E-state index contributed by atoms with van der Waals surface area (Å²) in [7, 11) is 0. The molecule has 5 nitrogen and oxygen atoms in total. The van der Waals surface area contributed by atoms with Crippen molar-refractivity contribution in [1.82, 2.24) is 5.32 Å². The van der Waals surface area contributed by atoms with Crippen LogP contribution in [-0.2, 0) is 9.59 Å². The van der Waals surface area contributed by atoms with E-state index in [1.54, 1.807) is 12.1 Å². The Hall–Kier alpha value is -2.04. The smallest absolute Gasteiger partial charge is 0.313 e. The molecule has 0 spiro atoms. The number of amides is 2. The molecule has 0 heterocycles. The Morgan fingerprint density at radius 1 is 1.11 bits per heavy atom. The van der Waals surface area contributed by atoms with Gasteiger partial charge in [-0.25, -0.2) is 0 Å². The monoisotopic (exact) mass is 262 g/mol. The number of carbonyl (C=O) groups excluding carboxylic acids is 2. The molecule has 2 rings (SSSR count). The van der Waals surface area contributed by atoms with Gasteiger partial charge in [0, 0.05) is 17.8 Å². The summed E-state index contributed by atoms with van der Waals surface area (Å²) in [5.41, 5.74) is 0.406. The number of phenolic OH excluding ortho intramolecular Hbond substituents is 1. The first-order chi connectivity index (χ1) is 9.15. The van der Waals surface area contributed by atoms with Gasteiger partial charge in [0.25, 0.3) is 0 Å². The Bertz CT molecular complexity index is 468. The molecule has 1 aliphatic rings. The van der Waals surface area contributed by atoms with Gasteiger partial charge in [0.05, 0.1) is 0 Å². The van der Waals surface area contributed by atoms with E-state index in [2.05, 4.69) is 10.6 Å². The van der Waals surface area contributed by atoms with Crippen LogP contribution in [0.25, 0.3) is 0 Å². The quantitative estimate of drug-likeness (QED) is 0.711. The maximum absolute atomic E-state index is 11.7. The maximum atomic E-state index is 11.7. The first-order valence-corrected chi connectivity index (χ1v) is 6.56. The fraction of sp³-hybridized carbons (Fsp3) is 0.429. The first kappa shape index (κ1) is 13.4. The van der Waals surface area contributed by atoms with Crippen LogP contribution in [0.15, 0.2) is 24.3 Å². The molecular formula is C14H18N2O3. The highest BCUT2D eigenvalue weighted by molar-refractivity contribution is 6.39. The second-order valence-electron chi connectivity index (χ2n) is 4.81. The van der Waals surface area contributed by atoms with Crippen LogP contribution < -0.4 is 10.6 Å².